The largest absolute Gasteiger partial charge is 0.490 e. The van der Waals surface area contributed by atoms with Crippen molar-refractivity contribution < 1.29 is 14.3 Å². The smallest absolute Gasteiger partial charge is 0.276 e. The number of rotatable bonds is 6. The number of ether oxygens (including phenoxy) is 1. The summed E-state index contributed by atoms with van der Waals surface area (Å²) in [6.45, 7) is 3.99. The van der Waals surface area contributed by atoms with Gasteiger partial charge in [-0.15, -0.1) is 0 Å². The normalized spacial score (nSPS) is 14.9. The molecule has 0 saturated carbocycles. The minimum atomic E-state index is -0.570. The molecule has 0 aromatic heterocycles. The fourth-order valence-corrected chi connectivity index (χ4v) is 3.73. The molecule has 6 nitrogen and oxygen atoms in total. The van der Waals surface area contributed by atoms with E-state index in [4.69, 9.17) is 4.74 Å². The molecule has 2 amide bonds. The van der Waals surface area contributed by atoms with Crippen LogP contribution in [0.15, 0.2) is 89.9 Å². The third kappa shape index (κ3) is 4.46. The van der Waals surface area contributed by atoms with E-state index in [1.54, 1.807) is 42.5 Å². The SMILES string of the molecule is C=CCOc1ccc(C(=O)NN2C(=O)c3ccccc3NC2c2cccc(Br)c2)cc1. The number of nitrogens with one attached hydrogen (secondary N) is 2. The zero-order valence-electron chi connectivity index (χ0n) is 16.5. The molecule has 31 heavy (non-hydrogen) atoms. The van der Waals surface area contributed by atoms with Crippen LogP contribution in [0, 0.1) is 0 Å². The van der Waals surface area contributed by atoms with E-state index in [0.717, 1.165) is 10.0 Å². The van der Waals surface area contributed by atoms with Gasteiger partial charge in [-0.2, -0.15) is 0 Å². The zero-order chi connectivity index (χ0) is 21.8. The quantitative estimate of drug-likeness (QED) is 0.494. The van der Waals surface area contributed by atoms with Crippen LogP contribution in [-0.2, 0) is 0 Å². The van der Waals surface area contributed by atoms with Gasteiger partial charge in [0.25, 0.3) is 11.8 Å². The highest BCUT2D eigenvalue weighted by atomic mass is 79.9. The van der Waals surface area contributed by atoms with E-state index >= 15 is 0 Å². The van der Waals surface area contributed by atoms with Crippen LogP contribution >= 0.6 is 15.9 Å². The Morgan fingerprint density at radius 3 is 2.65 bits per heavy atom. The zero-order valence-corrected chi connectivity index (χ0v) is 18.1. The molecule has 3 aromatic rings. The van der Waals surface area contributed by atoms with E-state index in [1.807, 2.05) is 36.4 Å². The first-order valence-corrected chi connectivity index (χ1v) is 10.5. The van der Waals surface area contributed by atoms with Crippen molar-refractivity contribution in [2.75, 3.05) is 11.9 Å². The maximum Gasteiger partial charge on any atom is 0.276 e. The van der Waals surface area contributed by atoms with Crippen molar-refractivity contribution in [1.82, 2.24) is 10.4 Å². The third-order valence-corrected chi connectivity index (χ3v) is 5.29. The van der Waals surface area contributed by atoms with E-state index in [1.165, 1.54) is 5.01 Å². The lowest BCUT2D eigenvalue weighted by Crippen LogP contribution is -2.52. The van der Waals surface area contributed by atoms with Crippen LogP contribution in [0.5, 0.6) is 5.75 Å². The summed E-state index contributed by atoms with van der Waals surface area (Å²) < 4.78 is 6.33. The van der Waals surface area contributed by atoms with Crippen molar-refractivity contribution in [3.05, 3.63) is 107 Å². The number of amides is 2. The van der Waals surface area contributed by atoms with Gasteiger partial charge < -0.3 is 10.1 Å². The van der Waals surface area contributed by atoms with Gasteiger partial charge in [-0.05, 0) is 54.1 Å². The van der Waals surface area contributed by atoms with E-state index in [0.29, 0.717) is 29.2 Å². The summed E-state index contributed by atoms with van der Waals surface area (Å²) >= 11 is 3.47. The summed E-state index contributed by atoms with van der Waals surface area (Å²) in [6.07, 6.45) is 1.08. The highest BCUT2D eigenvalue weighted by molar-refractivity contribution is 9.10. The fraction of sp³-hybridized carbons (Fsp3) is 0.0833. The predicted octanol–water partition coefficient (Wildman–Crippen LogP) is 4.93. The minimum absolute atomic E-state index is 0.293. The Hall–Kier alpha value is -3.58. The lowest BCUT2D eigenvalue weighted by atomic mass is 10.0. The molecule has 7 heteroatoms. The van der Waals surface area contributed by atoms with E-state index in [9.17, 15) is 9.59 Å². The number of hydrazine groups is 1. The Labute approximate surface area is 188 Å². The first-order chi connectivity index (χ1) is 15.1. The Kier molecular flexibility index (Phi) is 6.04. The molecule has 1 atom stereocenters. The standard InChI is InChI=1S/C24H20BrN3O3/c1-2-14-31-19-12-10-16(11-13-19)23(29)27-28-22(17-6-5-7-18(25)15-17)26-21-9-4-3-8-20(21)24(28)30/h2-13,15,22,26H,1,14H2,(H,27,29). The molecule has 156 valence electrons. The second-order valence-electron chi connectivity index (χ2n) is 6.89. The molecule has 1 aliphatic rings. The van der Waals surface area contributed by atoms with E-state index < -0.39 is 12.1 Å². The van der Waals surface area contributed by atoms with Crippen LogP contribution < -0.4 is 15.5 Å². The van der Waals surface area contributed by atoms with Gasteiger partial charge >= 0.3 is 0 Å². The van der Waals surface area contributed by atoms with Crippen molar-refractivity contribution in [3.63, 3.8) is 0 Å². The number of carbonyl (C=O) groups excluding carboxylic acids is 2. The maximum atomic E-state index is 13.3. The van der Waals surface area contributed by atoms with Crippen molar-refractivity contribution in [2.45, 2.75) is 6.17 Å². The number of halogens is 1. The average molecular weight is 478 g/mol. The Morgan fingerprint density at radius 2 is 1.90 bits per heavy atom. The van der Waals surface area contributed by atoms with Crippen LogP contribution in [0.25, 0.3) is 0 Å². The number of hydrogen-bond acceptors (Lipinski definition) is 4. The molecule has 2 N–H and O–H groups in total. The Balaban J connectivity index is 1.62. The Bertz CT molecular complexity index is 1130. The first-order valence-electron chi connectivity index (χ1n) is 9.66. The molecule has 0 bridgehead atoms. The summed E-state index contributed by atoms with van der Waals surface area (Å²) in [7, 11) is 0. The van der Waals surface area contributed by atoms with Gasteiger partial charge in [-0.25, -0.2) is 5.01 Å². The number of anilines is 1. The first kappa shape index (κ1) is 20.7. The van der Waals surface area contributed by atoms with Gasteiger partial charge in [0.05, 0.1) is 5.56 Å². The number of hydrogen-bond donors (Lipinski definition) is 2. The molecular weight excluding hydrogens is 458 g/mol. The maximum absolute atomic E-state index is 13.3. The lowest BCUT2D eigenvalue weighted by Gasteiger charge is -2.37. The molecule has 3 aromatic carbocycles. The van der Waals surface area contributed by atoms with Gasteiger partial charge in [0.15, 0.2) is 0 Å². The summed E-state index contributed by atoms with van der Waals surface area (Å²) in [5.41, 5.74) is 5.20. The van der Waals surface area contributed by atoms with Crippen LogP contribution in [-0.4, -0.2) is 23.4 Å². The van der Waals surface area contributed by atoms with Crippen molar-refractivity contribution >= 4 is 33.4 Å². The third-order valence-electron chi connectivity index (χ3n) is 4.80. The molecule has 0 fully saturated rings. The fourth-order valence-electron chi connectivity index (χ4n) is 3.31. The second kappa shape index (κ2) is 9.06. The number of benzene rings is 3. The highest BCUT2D eigenvalue weighted by Gasteiger charge is 2.34. The summed E-state index contributed by atoms with van der Waals surface area (Å²) in [4.78, 5) is 26.2. The number of para-hydroxylation sites is 1. The topological polar surface area (TPSA) is 70.7 Å². The number of carbonyl (C=O) groups is 2. The van der Waals surface area contributed by atoms with Crippen molar-refractivity contribution in [2.24, 2.45) is 0 Å². The van der Waals surface area contributed by atoms with Crippen molar-refractivity contribution in [3.8, 4) is 5.75 Å². The monoisotopic (exact) mass is 477 g/mol. The van der Waals surface area contributed by atoms with Crippen LogP contribution in [0.2, 0.25) is 0 Å². The molecule has 1 heterocycles. The lowest BCUT2D eigenvalue weighted by molar-refractivity contribution is 0.0491. The van der Waals surface area contributed by atoms with Gasteiger partial charge in [0.2, 0.25) is 0 Å². The van der Waals surface area contributed by atoms with Crippen molar-refractivity contribution in [1.29, 1.82) is 0 Å². The summed E-state index contributed by atoms with van der Waals surface area (Å²) in [5.74, 6) is -0.0588. The Morgan fingerprint density at radius 1 is 1.13 bits per heavy atom. The van der Waals surface area contributed by atoms with Gasteiger partial charge in [0.1, 0.15) is 18.5 Å². The van der Waals surface area contributed by atoms with Crippen LogP contribution in [0.4, 0.5) is 5.69 Å². The molecule has 0 aliphatic carbocycles. The van der Waals surface area contributed by atoms with Gasteiger partial charge in [-0.1, -0.05) is 52.9 Å². The van der Waals surface area contributed by atoms with Crippen LogP contribution in [0.3, 0.4) is 0 Å². The molecule has 0 radical (unpaired) electrons. The van der Waals surface area contributed by atoms with E-state index in [-0.39, 0.29) is 5.91 Å². The molecule has 0 spiro atoms. The minimum Gasteiger partial charge on any atom is -0.490 e. The molecule has 1 aliphatic heterocycles. The van der Waals surface area contributed by atoms with E-state index in [2.05, 4.69) is 33.3 Å². The second-order valence-corrected chi connectivity index (χ2v) is 7.80. The molecule has 0 saturated heterocycles. The summed E-state index contributed by atoms with van der Waals surface area (Å²) in [5, 5.41) is 4.68. The predicted molar refractivity (Wildman–Crippen MR) is 123 cm³/mol. The highest BCUT2D eigenvalue weighted by Crippen LogP contribution is 2.32. The number of nitrogens with zero attached hydrogens (tertiary/aromatic N) is 1. The molecular formula is C24H20BrN3O3. The van der Waals surface area contributed by atoms with Gasteiger partial charge in [0, 0.05) is 15.7 Å². The van der Waals surface area contributed by atoms with Gasteiger partial charge in [-0.3, -0.25) is 15.0 Å². The van der Waals surface area contributed by atoms with Crippen LogP contribution in [0.1, 0.15) is 32.4 Å². The summed E-state index contributed by atoms with van der Waals surface area (Å²) in [6, 6.07) is 21.5. The molecule has 4 rings (SSSR count). The average Bonchev–Trinajstić information content (AvgIpc) is 2.79. The number of fused-ring (bicyclic) bond motifs is 1. The molecule has 1 unspecified atom stereocenters.